The smallest absolute Gasteiger partial charge is 0.140 e. The molecule has 0 spiro atoms. The van der Waals surface area contributed by atoms with Gasteiger partial charge in [0.25, 0.3) is 0 Å². The molecule has 0 saturated carbocycles. The van der Waals surface area contributed by atoms with Gasteiger partial charge in [-0.25, -0.2) is 9.37 Å². The van der Waals surface area contributed by atoms with Crippen LogP contribution in [0, 0.1) is 6.92 Å². The molecule has 1 aliphatic rings. The van der Waals surface area contributed by atoms with Gasteiger partial charge in [0.1, 0.15) is 24.7 Å². The van der Waals surface area contributed by atoms with Crippen molar-refractivity contribution in [3.05, 3.63) is 59.7 Å². The van der Waals surface area contributed by atoms with Crippen LogP contribution >= 0.6 is 0 Å². The van der Waals surface area contributed by atoms with Crippen molar-refractivity contribution in [1.82, 2.24) is 19.4 Å². The average Bonchev–Trinajstić information content (AvgIpc) is 3.13. The quantitative estimate of drug-likeness (QED) is 0.706. The van der Waals surface area contributed by atoms with Crippen LogP contribution in [-0.4, -0.2) is 44.8 Å². The first-order chi connectivity index (χ1) is 12.6. The largest absolute Gasteiger partial charge is 0.366 e. The number of ether oxygens (including phenoxy) is 1. The lowest BCUT2D eigenvalue weighted by Gasteiger charge is -2.15. The maximum Gasteiger partial charge on any atom is 0.140 e. The van der Waals surface area contributed by atoms with Crippen molar-refractivity contribution < 1.29 is 9.13 Å². The highest BCUT2D eigenvalue weighted by atomic mass is 19.1. The third-order valence-corrected chi connectivity index (χ3v) is 4.91. The molecule has 4 rings (SSSR count). The van der Waals surface area contributed by atoms with Gasteiger partial charge >= 0.3 is 0 Å². The molecule has 6 heteroatoms. The van der Waals surface area contributed by atoms with Crippen LogP contribution in [0.5, 0.6) is 0 Å². The number of halogens is 1. The van der Waals surface area contributed by atoms with Gasteiger partial charge in [0.2, 0.25) is 0 Å². The van der Waals surface area contributed by atoms with E-state index in [4.69, 9.17) is 4.74 Å². The number of nitrogens with zero attached hydrogens (tertiary/aromatic N) is 4. The molecule has 136 valence electrons. The summed E-state index contributed by atoms with van der Waals surface area (Å²) in [6, 6.07) is 13.9. The number of pyridine rings is 1. The molecule has 0 N–H and O–H groups in total. The number of hydrogen-bond acceptors (Lipinski definition) is 4. The fourth-order valence-corrected chi connectivity index (χ4v) is 3.52. The number of aromatic nitrogens is 3. The molecule has 1 aliphatic heterocycles. The second-order valence-corrected chi connectivity index (χ2v) is 6.91. The molecule has 2 atom stereocenters. The van der Waals surface area contributed by atoms with Gasteiger partial charge in [0.05, 0.1) is 16.7 Å². The molecule has 0 bridgehead atoms. The van der Waals surface area contributed by atoms with Gasteiger partial charge in [-0.3, -0.25) is 9.88 Å². The van der Waals surface area contributed by atoms with Gasteiger partial charge in [-0.05, 0) is 31.2 Å². The van der Waals surface area contributed by atoms with E-state index in [9.17, 15) is 4.39 Å². The molecule has 0 aliphatic carbocycles. The minimum absolute atomic E-state index is 0.312. The van der Waals surface area contributed by atoms with E-state index in [1.54, 1.807) is 0 Å². The van der Waals surface area contributed by atoms with Gasteiger partial charge in [-0.15, -0.1) is 0 Å². The van der Waals surface area contributed by atoms with E-state index in [2.05, 4.69) is 14.9 Å². The fraction of sp³-hybridized carbons (Fsp3) is 0.400. The summed E-state index contributed by atoms with van der Waals surface area (Å²) in [5, 5.41) is 0. The molecule has 3 heterocycles. The van der Waals surface area contributed by atoms with E-state index in [1.807, 2.05) is 61.0 Å². The molecule has 1 saturated heterocycles. The fourth-order valence-electron chi connectivity index (χ4n) is 3.52. The zero-order chi connectivity index (χ0) is 18.1. The number of imidazole rings is 1. The van der Waals surface area contributed by atoms with Crippen molar-refractivity contribution in [3.63, 3.8) is 0 Å². The minimum atomic E-state index is -0.991. The number of para-hydroxylation sites is 2. The minimum Gasteiger partial charge on any atom is -0.366 e. The summed E-state index contributed by atoms with van der Waals surface area (Å²) in [6.07, 6.45) is -1.42. The molecular formula is C20H23FN4O. The van der Waals surface area contributed by atoms with Crippen molar-refractivity contribution >= 4 is 11.0 Å². The summed E-state index contributed by atoms with van der Waals surface area (Å²) in [5.74, 6) is 0.817. The summed E-state index contributed by atoms with van der Waals surface area (Å²) < 4.78 is 22.3. The standard InChI is InChI=1S/C20H23FN4O/c1-14-6-5-7-15(22-14)10-25-11-16(21)19(12-25)26-13-20-23-17-8-3-4-9-18(17)24(20)2/h3-9,16,19H,10-13H2,1-2H3. The average molecular weight is 354 g/mol. The van der Waals surface area contributed by atoms with Crippen LogP contribution < -0.4 is 0 Å². The van der Waals surface area contributed by atoms with Gasteiger partial charge in [0, 0.05) is 32.4 Å². The predicted octanol–water partition coefficient (Wildman–Crippen LogP) is 3.02. The van der Waals surface area contributed by atoms with Crippen LogP contribution in [0.25, 0.3) is 11.0 Å². The maximum atomic E-state index is 14.4. The van der Waals surface area contributed by atoms with Crippen molar-refractivity contribution in [2.24, 2.45) is 7.05 Å². The van der Waals surface area contributed by atoms with Crippen LogP contribution in [0.15, 0.2) is 42.5 Å². The van der Waals surface area contributed by atoms with Crippen molar-refractivity contribution in [3.8, 4) is 0 Å². The number of hydrogen-bond donors (Lipinski definition) is 0. The van der Waals surface area contributed by atoms with Gasteiger partial charge in [-0.1, -0.05) is 18.2 Å². The lowest BCUT2D eigenvalue weighted by molar-refractivity contribution is 0.00747. The second kappa shape index (κ2) is 7.13. The van der Waals surface area contributed by atoms with Crippen molar-refractivity contribution in [1.29, 1.82) is 0 Å². The Labute approximate surface area is 152 Å². The molecular weight excluding hydrogens is 331 g/mol. The Morgan fingerprint density at radius 2 is 1.96 bits per heavy atom. The van der Waals surface area contributed by atoms with E-state index < -0.39 is 12.3 Å². The summed E-state index contributed by atoms with van der Waals surface area (Å²) in [5.41, 5.74) is 3.94. The van der Waals surface area contributed by atoms with Crippen LogP contribution in [0.2, 0.25) is 0 Å². The third-order valence-electron chi connectivity index (χ3n) is 4.91. The number of benzene rings is 1. The second-order valence-electron chi connectivity index (χ2n) is 6.91. The molecule has 1 fully saturated rings. The highest BCUT2D eigenvalue weighted by molar-refractivity contribution is 5.75. The predicted molar refractivity (Wildman–Crippen MR) is 98.4 cm³/mol. The Morgan fingerprint density at radius 1 is 1.12 bits per heavy atom. The molecule has 3 aromatic rings. The van der Waals surface area contributed by atoms with E-state index in [0.29, 0.717) is 26.2 Å². The first kappa shape index (κ1) is 17.1. The Morgan fingerprint density at radius 3 is 2.77 bits per heavy atom. The van der Waals surface area contributed by atoms with Crippen LogP contribution in [-0.2, 0) is 24.9 Å². The van der Waals surface area contributed by atoms with Gasteiger partial charge in [-0.2, -0.15) is 0 Å². The number of alkyl halides is 1. The third kappa shape index (κ3) is 3.48. The first-order valence-corrected chi connectivity index (χ1v) is 8.91. The molecule has 2 aromatic heterocycles. The molecule has 1 aromatic carbocycles. The van der Waals surface area contributed by atoms with Gasteiger partial charge in [0.15, 0.2) is 0 Å². The summed E-state index contributed by atoms with van der Waals surface area (Å²) in [4.78, 5) is 11.1. The van der Waals surface area contributed by atoms with E-state index >= 15 is 0 Å². The Kier molecular flexibility index (Phi) is 4.70. The Hall–Kier alpha value is -2.31. The van der Waals surface area contributed by atoms with Gasteiger partial charge < -0.3 is 9.30 Å². The molecule has 2 unspecified atom stereocenters. The van der Waals surface area contributed by atoms with Crippen LogP contribution in [0.4, 0.5) is 4.39 Å². The van der Waals surface area contributed by atoms with Crippen molar-refractivity contribution in [2.75, 3.05) is 13.1 Å². The summed E-state index contributed by atoms with van der Waals surface area (Å²) in [6.45, 7) is 3.87. The van der Waals surface area contributed by atoms with Crippen LogP contribution in [0.3, 0.4) is 0 Å². The number of rotatable bonds is 5. The monoisotopic (exact) mass is 354 g/mol. The Bertz CT molecular complexity index is 910. The summed E-state index contributed by atoms with van der Waals surface area (Å²) in [7, 11) is 1.96. The van der Waals surface area contributed by atoms with E-state index in [0.717, 1.165) is 28.2 Å². The number of likely N-dealkylation sites (tertiary alicyclic amines) is 1. The van der Waals surface area contributed by atoms with E-state index in [-0.39, 0.29) is 0 Å². The SMILES string of the molecule is Cc1cccc(CN2CC(F)C(OCc3nc4ccccc4n3C)C2)n1. The van der Waals surface area contributed by atoms with E-state index in [1.165, 1.54) is 0 Å². The maximum absolute atomic E-state index is 14.4. The van der Waals surface area contributed by atoms with Crippen molar-refractivity contribution in [2.45, 2.75) is 32.4 Å². The highest BCUT2D eigenvalue weighted by Gasteiger charge is 2.34. The topological polar surface area (TPSA) is 43.2 Å². The normalized spacial score (nSPS) is 20.9. The number of fused-ring (bicyclic) bond motifs is 1. The van der Waals surface area contributed by atoms with Crippen LogP contribution in [0.1, 0.15) is 17.2 Å². The number of aryl methyl sites for hydroxylation is 2. The highest BCUT2D eigenvalue weighted by Crippen LogP contribution is 2.21. The molecule has 0 amide bonds. The lowest BCUT2D eigenvalue weighted by Crippen LogP contribution is -2.25. The molecule has 5 nitrogen and oxygen atoms in total. The summed E-state index contributed by atoms with van der Waals surface area (Å²) >= 11 is 0. The first-order valence-electron chi connectivity index (χ1n) is 8.91. The molecule has 26 heavy (non-hydrogen) atoms. The zero-order valence-corrected chi connectivity index (χ0v) is 15.1. The lowest BCUT2D eigenvalue weighted by atomic mass is 10.3. The molecule has 0 radical (unpaired) electrons. The Balaban J connectivity index is 1.38. The zero-order valence-electron chi connectivity index (χ0n) is 15.1.